The van der Waals surface area contributed by atoms with Crippen molar-refractivity contribution in [1.29, 1.82) is 0 Å². The number of hydrogen-bond acceptors (Lipinski definition) is 5. The van der Waals surface area contributed by atoms with Crippen molar-refractivity contribution in [3.05, 3.63) is 6.33 Å². The molecule has 2 rings (SSSR count). The predicted molar refractivity (Wildman–Crippen MR) is 49.4 cm³/mol. The van der Waals surface area contributed by atoms with Gasteiger partial charge in [-0.1, -0.05) is 0 Å². The van der Waals surface area contributed by atoms with Gasteiger partial charge in [0, 0.05) is 13.2 Å². The molecule has 1 fully saturated rings. The van der Waals surface area contributed by atoms with Crippen molar-refractivity contribution in [2.24, 2.45) is 0 Å². The number of nitrogens with zero attached hydrogens (tertiary/aromatic N) is 3. The first-order valence-electron chi connectivity index (χ1n) is 4.69. The molecule has 6 nitrogen and oxygen atoms in total. The van der Waals surface area contributed by atoms with E-state index in [2.05, 4.69) is 10.1 Å². The van der Waals surface area contributed by atoms with Crippen molar-refractivity contribution in [3.8, 4) is 0 Å². The largest absolute Gasteiger partial charge is 0.381 e. The second-order valence-corrected chi connectivity index (χ2v) is 3.25. The minimum Gasteiger partial charge on any atom is -0.381 e. The van der Waals surface area contributed by atoms with Crippen LogP contribution < -0.4 is 5.73 Å². The van der Waals surface area contributed by atoms with Crippen LogP contribution in [0.1, 0.15) is 12.8 Å². The maximum Gasteiger partial charge on any atom is 0.239 e. The normalized spacial score (nSPS) is 18.6. The van der Waals surface area contributed by atoms with E-state index in [1.54, 1.807) is 11.0 Å². The first-order chi connectivity index (χ1) is 6.84. The average Bonchev–Trinajstić information content (AvgIpc) is 2.63. The summed E-state index contributed by atoms with van der Waals surface area (Å²) in [5.41, 5.74) is 5.37. The van der Waals surface area contributed by atoms with Gasteiger partial charge in [-0.25, -0.2) is 9.67 Å². The molecule has 0 unspecified atom stereocenters. The van der Waals surface area contributed by atoms with Crippen molar-refractivity contribution in [2.75, 3.05) is 18.9 Å². The maximum absolute atomic E-state index is 5.61. The van der Waals surface area contributed by atoms with Gasteiger partial charge in [-0.15, -0.1) is 5.10 Å². The molecule has 1 aliphatic rings. The Kier molecular flexibility index (Phi) is 2.95. The fourth-order valence-corrected chi connectivity index (χ4v) is 1.40. The van der Waals surface area contributed by atoms with Gasteiger partial charge in [-0.3, -0.25) is 0 Å². The zero-order valence-corrected chi connectivity index (χ0v) is 7.93. The van der Waals surface area contributed by atoms with E-state index in [-0.39, 0.29) is 12.1 Å². The summed E-state index contributed by atoms with van der Waals surface area (Å²) in [4.78, 5) is 3.81. The molecular weight excluding hydrogens is 184 g/mol. The minimum absolute atomic E-state index is 0.272. The van der Waals surface area contributed by atoms with Gasteiger partial charge in [0.2, 0.25) is 5.95 Å². The SMILES string of the molecule is Nc1ncn(COC2CCOCC2)n1. The molecule has 0 atom stereocenters. The Bertz CT molecular complexity index is 283. The van der Waals surface area contributed by atoms with Crippen molar-refractivity contribution >= 4 is 5.95 Å². The van der Waals surface area contributed by atoms with Gasteiger partial charge in [-0.2, -0.15) is 0 Å². The molecule has 0 aliphatic carbocycles. The predicted octanol–water partition coefficient (Wildman–Crippen LogP) is 0.0134. The molecule has 1 aliphatic heterocycles. The molecule has 1 aromatic heterocycles. The Morgan fingerprint density at radius 3 is 3.00 bits per heavy atom. The zero-order valence-electron chi connectivity index (χ0n) is 7.93. The molecule has 14 heavy (non-hydrogen) atoms. The number of anilines is 1. The third-order valence-corrected chi connectivity index (χ3v) is 2.17. The number of nitrogen functional groups attached to an aromatic ring is 1. The molecule has 1 aromatic rings. The summed E-state index contributed by atoms with van der Waals surface area (Å²) in [7, 11) is 0. The molecule has 78 valence electrons. The number of aromatic nitrogens is 3. The van der Waals surface area contributed by atoms with E-state index >= 15 is 0 Å². The summed E-state index contributed by atoms with van der Waals surface area (Å²) in [5, 5.41) is 3.92. The lowest BCUT2D eigenvalue weighted by atomic mass is 10.2. The summed E-state index contributed by atoms with van der Waals surface area (Å²) in [6.45, 7) is 1.98. The van der Waals surface area contributed by atoms with E-state index < -0.39 is 0 Å². The van der Waals surface area contributed by atoms with Crippen LogP contribution in [-0.2, 0) is 16.2 Å². The fourth-order valence-electron chi connectivity index (χ4n) is 1.40. The summed E-state index contributed by atoms with van der Waals surface area (Å²) in [6.07, 6.45) is 3.73. The Hall–Kier alpha value is -1.14. The Balaban J connectivity index is 1.76. The van der Waals surface area contributed by atoms with Crippen LogP contribution in [0.15, 0.2) is 6.33 Å². The van der Waals surface area contributed by atoms with Gasteiger partial charge in [-0.05, 0) is 12.8 Å². The number of hydrogen-bond donors (Lipinski definition) is 1. The van der Waals surface area contributed by atoms with E-state index in [1.807, 2.05) is 0 Å². The van der Waals surface area contributed by atoms with Gasteiger partial charge in [0.05, 0.1) is 6.10 Å². The summed E-state index contributed by atoms with van der Waals surface area (Å²) in [5.74, 6) is 0.278. The second kappa shape index (κ2) is 4.39. The first-order valence-corrected chi connectivity index (χ1v) is 4.69. The van der Waals surface area contributed by atoms with E-state index in [1.165, 1.54) is 0 Å². The van der Waals surface area contributed by atoms with E-state index in [0.717, 1.165) is 26.1 Å². The van der Waals surface area contributed by atoms with Gasteiger partial charge < -0.3 is 15.2 Å². The summed E-state index contributed by atoms with van der Waals surface area (Å²) < 4.78 is 12.4. The summed E-state index contributed by atoms with van der Waals surface area (Å²) in [6, 6.07) is 0. The summed E-state index contributed by atoms with van der Waals surface area (Å²) >= 11 is 0. The lowest BCUT2D eigenvalue weighted by Gasteiger charge is -2.21. The quantitative estimate of drug-likeness (QED) is 0.740. The smallest absolute Gasteiger partial charge is 0.239 e. The third kappa shape index (κ3) is 2.43. The number of rotatable bonds is 3. The highest BCUT2D eigenvalue weighted by molar-refractivity contribution is 5.08. The molecule has 1 saturated heterocycles. The van der Waals surface area contributed by atoms with Crippen LogP contribution >= 0.6 is 0 Å². The van der Waals surface area contributed by atoms with Crippen molar-refractivity contribution in [3.63, 3.8) is 0 Å². The molecule has 2 heterocycles. The lowest BCUT2D eigenvalue weighted by molar-refractivity contribution is -0.0599. The lowest BCUT2D eigenvalue weighted by Crippen LogP contribution is -2.24. The Labute approximate surface area is 82.0 Å². The molecular formula is C8H14N4O2. The molecule has 0 saturated carbocycles. The number of ether oxygens (including phenoxy) is 2. The fraction of sp³-hybridized carbons (Fsp3) is 0.750. The molecule has 2 N–H and O–H groups in total. The van der Waals surface area contributed by atoms with Crippen LogP contribution in [-0.4, -0.2) is 34.1 Å². The highest BCUT2D eigenvalue weighted by Crippen LogP contribution is 2.10. The number of nitrogens with two attached hydrogens (primary N) is 1. The van der Waals surface area contributed by atoms with Gasteiger partial charge >= 0.3 is 0 Å². The Morgan fingerprint density at radius 1 is 1.57 bits per heavy atom. The molecule has 0 bridgehead atoms. The van der Waals surface area contributed by atoms with Crippen LogP contribution in [0, 0.1) is 0 Å². The van der Waals surface area contributed by atoms with Crippen LogP contribution in [0.25, 0.3) is 0 Å². The highest BCUT2D eigenvalue weighted by atomic mass is 16.5. The van der Waals surface area contributed by atoms with E-state index in [4.69, 9.17) is 15.2 Å². The molecule has 6 heteroatoms. The zero-order chi connectivity index (χ0) is 9.80. The van der Waals surface area contributed by atoms with Gasteiger partial charge in [0.15, 0.2) is 0 Å². The Morgan fingerprint density at radius 2 is 2.36 bits per heavy atom. The minimum atomic E-state index is 0.272. The average molecular weight is 198 g/mol. The first kappa shape index (κ1) is 9.42. The topological polar surface area (TPSA) is 75.2 Å². The standard InChI is InChI=1S/C8H14N4O2/c9-8-10-5-12(11-8)6-14-7-1-3-13-4-2-7/h5,7H,1-4,6H2,(H2,9,11). The van der Waals surface area contributed by atoms with Crippen molar-refractivity contribution < 1.29 is 9.47 Å². The third-order valence-electron chi connectivity index (χ3n) is 2.17. The van der Waals surface area contributed by atoms with Crippen LogP contribution in [0.2, 0.25) is 0 Å². The molecule has 0 amide bonds. The van der Waals surface area contributed by atoms with Crippen LogP contribution in [0.5, 0.6) is 0 Å². The monoisotopic (exact) mass is 198 g/mol. The highest BCUT2D eigenvalue weighted by Gasteiger charge is 2.14. The molecule has 0 aromatic carbocycles. The van der Waals surface area contributed by atoms with Crippen LogP contribution in [0.4, 0.5) is 5.95 Å². The second-order valence-electron chi connectivity index (χ2n) is 3.25. The van der Waals surface area contributed by atoms with Crippen molar-refractivity contribution in [1.82, 2.24) is 14.8 Å². The van der Waals surface area contributed by atoms with E-state index in [0.29, 0.717) is 6.73 Å². The van der Waals surface area contributed by atoms with E-state index in [9.17, 15) is 0 Å². The van der Waals surface area contributed by atoms with Gasteiger partial charge in [0.25, 0.3) is 0 Å². The molecule has 0 radical (unpaired) electrons. The van der Waals surface area contributed by atoms with Gasteiger partial charge in [0.1, 0.15) is 13.1 Å². The molecule has 0 spiro atoms. The van der Waals surface area contributed by atoms with Crippen molar-refractivity contribution in [2.45, 2.75) is 25.7 Å². The maximum atomic E-state index is 5.61. The van der Waals surface area contributed by atoms with Crippen LogP contribution in [0.3, 0.4) is 0 Å².